The average molecular weight is 847 g/mol. The summed E-state index contributed by atoms with van der Waals surface area (Å²) in [5.41, 5.74) is 8.37. The smallest absolute Gasteiger partial charge is 0.503 e. The number of benzene rings is 5. The molecule has 0 radical (unpaired) electrons. The molecule has 8 heteroatoms. The molecule has 0 aliphatic carbocycles. The molecule has 0 unspecified atom stereocenters. The Balaban J connectivity index is 0.00000374. The minimum absolute atomic E-state index is 0. The number of hydrogen-bond donors (Lipinski definition) is 0. The van der Waals surface area contributed by atoms with E-state index in [4.69, 9.17) is 19.1 Å². The molecular formula is C43H33N5O2Pt. The molecule has 7 nitrogen and oxygen atoms in total. The summed E-state index contributed by atoms with van der Waals surface area (Å²) in [6, 6.07) is 40.0. The molecule has 9 rings (SSSR count). The van der Waals surface area contributed by atoms with E-state index >= 15 is 0 Å². The summed E-state index contributed by atoms with van der Waals surface area (Å²) >= 11 is 0. The van der Waals surface area contributed by atoms with Gasteiger partial charge in [-0.1, -0.05) is 104 Å². The van der Waals surface area contributed by atoms with E-state index in [1.807, 2.05) is 47.3 Å². The zero-order chi connectivity index (χ0) is 34.1. The molecule has 51 heavy (non-hydrogen) atoms. The summed E-state index contributed by atoms with van der Waals surface area (Å²) in [7, 11) is 0. The Morgan fingerprint density at radius 1 is 0.725 bits per heavy atom. The molecule has 0 atom stereocenters. The van der Waals surface area contributed by atoms with Crippen LogP contribution in [-0.2, 0) is 26.5 Å². The average Bonchev–Trinajstić information content (AvgIpc) is 3.82. The van der Waals surface area contributed by atoms with Crippen molar-refractivity contribution in [1.29, 1.82) is 0 Å². The number of aromatic nitrogens is 5. The molecule has 0 bridgehead atoms. The Bertz CT molecular complexity index is 2750. The fraction of sp³-hybridized carbons (Fsp3) is 0.140. The number of rotatable bonds is 5. The van der Waals surface area contributed by atoms with E-state index in [-0.39, 0.29) is 26.5 Å². The summed E-state index contributed by atoms with van der Waals surface area (Å²) in [6.07, 6.45) is 3.45. The third-order valence-electron chi connectivity index (χ3n) is 9.42. The number of fused-ring (bicyclic) bond motifs is 6. The zero-order valence-corrected chi connectivity index (χ0v) is 31.0. The number of ether oxygens (including phenoxy) is 1. The third kappa shape index (κ3) is 5.44. The van der Waals surface area contributed by atoms with Crippen LogP contribution in [0.3, 0.4) is 0 Å². The molecule has 5 aromatic carbocycles. The first-order chi connectivity index (χ1) is 24.2. The molecule has 0 spiro atoms. The predicted octanol–water partition coefficient (Wildman–Crippen LogP) is 10.6. The van der Waals surface area contributed by atoms with Crippen molar-refractivity contribution in [3.05, 3.63) is 138 Å². The van der Waals surface area contributed by atoms with Gasteiger partial charge in [0.15, 0.2) is 0 Å². The number of para-hydroxylation sites is 3. The van der Waals surface area contributed by atoms with Crippen molar-refractivity contribution in [1.82, 2.24) is 24.3 Å². The van der Waals surface area contributed by atoms with E-state index in [2.05, 4.69) is 117 Å². The van der Waals surface area contributed by atoms with Gasteiger partial charge in [-0.05, 0) is 65.6 Å². The van der Waals surface area contributed by atoms with Gasteiger partial charge in [0.1, 0.15) is 17.7 Å². The molecule has 0 aliphatic rings. The fourth-order valence-corrected chi connectivity index (χ4v) is 6.97. The molecular weight excluding hydrogens is 814 g/mol. The van der Waals surface area contributed by atoms with Crippen LogP contribution in [0.25, 0.3) is 66.6 Å². The van der Waals surface area contributed by atoms with E-state index in [1.54, 1.807) is 6.33 Å². The van der Waals surface area contributed by atoms with Gasteiger partial charge < -0.3 is 13.7 Å². The molecule has 0 saturated heterocycles. The van der Waals surface area contributed by atoms with Crippen molar-refractivity contribution < 1.29 is 30.2 Å². The van der Waals surface area contributed by atoms with Crippen LogP contribution in [0.2, 0.25) is 0 Å². The number of pyridine rings is 1. The van der Waals surface area contributed by atoms with Crippen LogP contribution < -0.4 is 4.74 Å². The van der Waals surface area contributed by atoms with E-state index in [0.717, 1.165) is 60.8 Å². The topological polar surface area (TPSA) is 70.9 Å². The Morgan fingerprint density at radius 3 is 2.29 bits per heavy atom. The Kier molecular flexibility index (Phi) is 7.92. The largest absolute Gasteiger partial charge is 2.00 e. The molecule has 252 valence electrons. The third-order valence-corrected chi connectivity index (χ3v) is 9.42. The summed E-state index contributed by atoms with van der Waals surface area (Å²) in [5.74, 6) is 2.52. The number of aryl methyl sites for hydroxylation is 2. The number of hydrogen-bond acceptors (Lipinski definition) is 5. The van der Waals surface area contributed by atoms with Crippen LogP contribution in [0.1, 0.15) is 37.5 Å². The van der Waals surface area contributed by atoms with E-state index in [0.29, 0.717) is 28.5 Å². The summed E-state index contributed by atoms with van der Waals surface area (Å²) in [4.78, 5) is 9.56. The molecule has 4 heterocycles. The second-order valence-electron chi connectivity index (χ2n) is 13.8. The maximum absolute atomic E-state index is 6.67. The minimum atomic E-state index is -0.0278. The van der Waals surface area contributed by atoms with Crippen LogP contribution in [0.15, 0.2) is 114 Å². The molecule has 0 amide bonds. The second-order valence-corrected chi connectivity index (χ2v) is 13.8. The molecule has 0 saturated carbocycles. The van der Waals surface area contributed by atoms with Crippen LogP contribution in [0.4, 0.5) is 0 Å². The first-order valence-electron chi connectivity index (χ1n) is 16.7. The van der Waals surface area contributed by atoms with Crippen molar-refractivity contribution in [2.24, 2.45) is 0 Å². The summed E-state index contributed by atoms with van der Waals surface area (Å²) < 4.78 is 17.2. The van der Waals surface area contributed by atoms with E-state index < -0.39 is 0 Å². The van der Waals surface area contributed by atoms with Crippen LogP contribution in [0, 0.1) is 26.0 Å². The maximum atomic E-state index is 6.67. The van der Waals surface area contributed by atoms with Gasteiger partial charge >= 0.3 is 21.1 Å². The van der Waals surface area contributed by atoms with Gasteiger partial charge in [-0.2, -0.15) is 11.2 Å². The van der Waals surface area contributed by atoms with Crippen LogP contribution >= 0.6 is 0 Å². The fourth-order valence-electron chi connectivity index (χ4n) is 6.97. The number of furan rings is 1. The first kappa shape index (κ1) is 32.7. The normalized spacial score (nSPS) is 11.9. The quantitative estimate of drug-likeness (QED) is 0.161. The van der Waals surface area contributed by atoms with Gasteiger partial charge in [0.25, 0.3) is 0 Å². The van der Waals surface area contributed by atoms with Crippen molar-refractivity contribution in [3.63, 3.8) is 0 Å². The standard InChI is InChI=1S/C43H33N5O2.Pt/c1-26-11-10-12-27(2)40(26)48-42(45-25-46-48)35-23-30(22-34-33-14-7-9-16-38(33)50-41(34)35)49-29-17-18-32-31-13-6-8-15-36(31)47(37(32)24-29)39-21-28(19-20-44-39)43(3,4)5;/h6-22,25H,1-5H3;/q-2;+2. The van der Waals surface area contributed by atoms with E-state index in [1.165, 1.54) is 5.56 Å². The molecule has 0 aliphatic heterocycles. The van der Waals surface area contributed by atoms with Gasteiger partial charge in [0.2, 0.25) is 0 Å². The second kappa shape index (κ2) is 12.4. The van der Waals surface area contributed by atoms with Gasteiger partial charge in [-0.15, -0.1) is 17.5 Å². The van der Waals surface area contributed by atoms with Crippen molar-refractivity contribution in [2.45, 2.75) is 40.0 Å². The molecule has 0 fully saturated rings. The maximum Gasteiger partial charge on any atom is 2.00 e. The molecule has 0 N–H and O–H groups in total. The van der Waals surface area contributed by atoms with Crippen molar-refractivity contribution in [2.75, 3.05) is 0 Å². The van der Waals surface area contributed by atoms with Crippen LogP contribution in [0.5, 0.6) is 11.5 Å². The summed E-state index contributed by atoms with van der Waals surface area (Å²) in [6.45, 7) is 10.8. The Hall–Kier alpha value is -5.52. The van der Waals surface area contributed by atoms with Crippen molar-refractivity contribution >= 4 is 43.7 Å². The zero-order valence-electron chi connectivity index (χ0n) is 28.8. The monoisotopic (exact) mass is 846 g/mol. The number of nitrogens with zero attached hydrogens (tertiary/aromatic N) is 5. The van der Waals surface area contributed by atoms with Crippen molar-refractivity contribution in [3.8, 4) is 34.4 Å². The van der Waals surface area contributed by atoms with E-state index in [9.17, 15) is 0 Å². The molecule has 9 aromatic rings. The van der Waals surface area contributed by atoms with Gasteiger partial charge in [-0.3, -0.25) is 9.67 Å². The van der Waals surface area contributed by atoms with Gasteiger partial charge in [0, 0.05) is 28.6 Å². The van der Waals surface area contributed by atoms with Gasteiger partial charge in [-0.25, -0.2) is 4.98 Å². The van der Waals surface area contributed by atoms with Crippen LogP contribution in [-0.4, -0.2) is 24.3 Å². The Morgan fingerprint density at radius 2 is 1.49 bits per heavy atom. The SMILES string of the molecule is Cc1cccc(C)c1-n1ncnc1-c1[c-]c(Oc2[c-]c3c(cc2)c2ccccc2n3-c2cc(C(C)(C)C)ccn2)cc2c1oc1ccccc12.[Pt+2]. The Labute approximate surface area is 309 Å². The first-order valence-corrected chi connectivity index (χ1v) is 16.7. The minimum Gasteiger partial charge on any atom is -0.503 e. The summed E-state index contributed by atoms with van der Waals surface area (Å²) in [5, 5.41) is 8.73. The predicted molar refractivity (Wildman–Crippen MR) is 199 cm³/mol. The van der Waals surface area contributed by atoms with Gasteiger partial charge in [0.05, 0.1) is 17.1 Å². The molecule has 4 aromatic heterocycles.